The van der Waals surface area contributed by atoms with E-state index in [-0.39, 0.29) is 23.7 Å². The number of hydrogen-bond donors (Lipinski definition) is 1. The number of piperidine rings is 1. The average molecular weight is 402 g/mol. The van der Waals surface area contributed by atoms with Crippen molar-refractivity contribution < 1.29 is 9.59 Å². The molecule has 1 atom stereocenters. The molecule has 6 heteroatoms. The Morgan fingerprint density at radius 2 is 1.89 bits per heavy atom. The highest BCUT2D eigenvalue weighted by atomic mass is 32.2. The lowest BCUT2D eigenvalue weighted by atomic mass is 9.96. The van der Waals surface area contributed by atoms with Gasteiger partial charge in [0.2, 0.25) is 11.8 Å². The summed E-state index contributed by atoms with van der Waals surface area (Å²) in [5, 5.41) is 3.12. The van der Waals surface area contributed by atoms with Gasteiger partial charge in [0.25, 0.3) is 0 Å². The van der Waals surface area contributed by atoms with Gasteiger partial charge in [-0.1, -0.05) is 12.1 Å². The van der Waals surface area contributed by atoms with Crippen molar-refractivity contribution >= 4 is 29.3 Å². The fraction of sp³-hybridized carbons (Fsp3) is 0.636. The van der Waals surface area contributed by atoms with Gasteiger partial charge in [0.1, 0.15) is 0 Å². The molecule has 1 saturated carbocycles. The van der Waals surface area contributed by atoms with E-state index in [0.717, 1.165) is 63.1 Å². The first-order chi connectivity index (χ1) is 13.6. The van der Waals surface area contributed by atoms with Gasteiger partial charge in [0.05, 0.1) is 5.92 Å². The Bertz CT molecular complexity index is 728. The smallest absolute Gasteiger partial charge is 0.229 e. The van der Waals surface area contributed by atoms with Crippen LogP contribution in [-0.4, -0.2) is 59.3 Å². The van der Waals surface area contributed by atoms with Gasteiger partial charge >= 0.3 is 0 Å². The molecule has 3 fully saturated rings. The molecule has 1 N–H and O–H groups in total. The molecule has 0 aromatic heterocycles. The van der Waals surface area contributed by atoms with Crippen molar-refractivity contribution in [2.75, 3.05) is 43.0 Å². The highest BCUT2D eigenvalue weighted by Gasteiger charge is 2.36. The second kappa shape index (κ2) is 8.87. The van der Waals surface area contributed by atoms with Crippen LogP contribution in [0.4, 0.5) is 5.69 Å². The fourth-order valence-electron chi connectivity index (χ4n) is 4.20. The number of benzene rings is 1. The van der Waals surface area contributed by atoms with Crippen molar-refractivity contribution in [3.05, 3.63) is 29.3 Å². The number of likely N-dealkylation sites (tertiary alicyclic amines) is 1. The number of carbonyl (C=O) groups is 2. The van der Waals surface area contributed by atoms with Crippen LogP contribution in [0, 0.1) is 18.8 Å². The average Bonchev–Trinajstić information content (AvgIpc) is 3.56. The molecular formula is C22H31N3O2S. The Morgan fingerprint density at radius 3 is 2.61 bits per heavy atom. The molecule has 0 radical (unpaired) electrons. The standard InChI is InChI=1S/C22H31N3O2S/c1-16-13-17(14-24-9-11-28-12-10-24)4-7-20(16)23-21(26)19-3-2-8-25(15-19)22(27)18-5-6-18/h4,7,13,18-19H,2-3,5-6,8-12,14-15H2,1H3,(H,23,26). The minimum absolute atomic E-state index is 0.0530. The highest BCUT2D eigenvalue weighted by Crippen LogP contribution is 2.32. The number of nitrogens with one attached hydrogen (secondary N) is 1. The number of rotatable bonds is 5. The van der Waals surface area contributed by atoms with E-state index in [1.165, 1.54) is 17.1 Å². The summed E-state index contributed by atoms with van der Waals surface area (Å²) in [6.45, 7) is 6.73. The number of anilines is 1. The third kappa shape index (κ3) is 4.90. The zero-order chi connectivity index (χ0) is 19.5. The first kappa shape index (κ1) is 19.8. The van der Waals surface area contributed by atoms with Crippen LogP contribution in [0.15, 0.2) is 18.2 Å². The van der Waals surface area contributed by atoms with E-state index in [1.807, 2.05) is 22.7 Å². The summed E-state index contributed by atoms with van der Waals surface area (Å²) in [7, 11) is 0. The first-order valence-corrected chi connectivity index (χ1v) is 11.7. The Labute approximate surface area is 172 Å². The molecule has 4 rings (SSSR count). The second-order valence-electron chi connectivity index (χ2n) is 8.42. The maximum atomic E-state index is 12.8. The zero-order valence-corrected chi connectivity index (χ0v) is 17.6. The molecule has 1 aromatic carbocycles. The molecule has 28 heavy (non-hydrogen) atoms. The molecular weight excluding hydrogens is 370 g/mol. The van der Waals surface area contributed by atoms with Gasteiger partial charge in [-0.3, -0.25) is 14.5 Å². The van der Waals surface area contributed by atoms with Crippen LogP contribution >= 0.6 is 11.8 Å². The Hall–Kier alpha value is -1.53. The van der Waals surface area contributed by atoms with Crippen molar-refractivity contribution in [3.8, 4) is 0 Å². The molecule has 0 spiro atoms. The monoisotopic (exact) mass is 401 g/mol. The van der Waals surface area contributed by atoms with Crippen LogP contribution in [0.1, 0.15) is 36.8 Å². The Balaban J connectivity index is 1.33. The number of carbonyl (C=O) groups excluding carboxylic acids is 2. The number of aryl methyl sites for hydroxylation is 1. The number of nitrogens with zero attached hydrogens (tertiary/aromatic N) is 2. The normalized spacial score (nSPS) is 23.5. The molecule has 2 heterocycles. The quantitative estimate of drug-likeness (QED) is 0.824. The summed E-state index contributed by atoms with van der Waals surface area (Å²) in [6.07, 6.45) is 3.83. The fourth-order valence-corrected chi connectivity index (χ4v) is 5.18. The third-order valence-corrected chi connectivity index (χ3v) is 7.03. The highest BCUT2D eigenvalue weighted by molar-refractivity contribution is 7.99. The molecule has 1 aliphatic carbocycles. The Kier molecular flexibility index (Phi) is 6.26. The lowest BCUT2D eigenvalue weighted by molar-refractivity contribution is -0.135. The molecule has 2 aliphatic heterocycles. The second-order valence-corrected chi connectivity index (χ2v) is 9.65. The van der Waals surface area contributed by atoms with Gasteiger partial charge < -0.3 is 10.2 Å². The van der Waals surface area contributed by atoms with Gasteiger partial charge in [-0.2, -0.15) is 11.8 Å². The Morgan fingerprint density at radius 1 is 1.11 bits per heavy atom. The van der Waals surface area contributed by atoms with Gasteiger partial charge in [-0.25, -0.2) is 0 Å². The van der Waals surface area contributed by atoms with E-state index in [9.17, 15) is 9.59 Å². The summed E-state index contributed by atoms with van der Waals surface area (Å²) in [5.74, 6) is 2.88. The lowest BCUT2D eigenvalue weighted by Gasteiger charge is -2.32. The van der Waals surface area contributed by atoms with Gasteiger partial charge in [0.15, 0.2) is 0 Å². The molecule has 2 saturated heterocycles. The minimum Gasteiger partial charge on any atom is -0.342 e. The van der Waals surface area contributed by atoms with Crippen molar-refractivity contribution in [2.45, 2.75) is 39.2 Å². The molecule has 0 bridgehead atoms. The molecule has 5 nitrogen and oxygen atoms in total. The minimum atomic E-state index is -0.0959. The van der Waals surface area contributed by atoms with E-state index in [2.05, 4.69) is 29.3 Å². The molecule has 2 amide bonds. The van der Waals surface area contributed by atoms with E-state index >= 15 is 0 Å². The molecule has 3 aliphatic rings. The predicted octanol–water partition coefficient (Wildman–Crippen LogP) is 3.13. The van der Waals surface area contributed by atoms with Gasteiger partial charge in [-0.15, -0.1) is 0 Å². The molecule has 152 valence electrons. The van der Waals surface area contributed by atoms with Crippen molar-refractivity contribution in [1.29, 1.82) is 0 Å². The summed E-state index contributed by atoms with van der Waals surface area (Å²) in [4.78, 5) is 29.6. The SMILES string of the molecule is Cc1cc(CN2CCSCC2)ccc1NC(=O)C1CCCN(C(=O)C2CC2)C1. The number of amides is 2. The maximum Gasteiger partial charge on any atom is 0.229 e. The first-order valence-electron chi connectivity index (χ1n) is 10.6. The van der Waals surface area contributed by atoms with Crippen molar-refractivity contribution in [2.24, 2.45) is 11.8 Å². The van der Waals surface area contributed by atoms with Crippen molar-refractivity contribution in [3.63, 3.8) is 0 Å². The summed E-state index contributed by atoms with van der Waals surface area (Å²) in [5.41, 5.74) is 3.31. The third-order valence-electron chi connectivity index (χ3n) is 6.09. The van der Waals surface area contributed by atoms with Crippen LogP contribution in [-0.2, 0) is 16.1 Å². The molecule has 1 aromatic rings. The van der Waals surface area contributed by atoms with Crippen LogP contribution in [0.3, 0.4) is 0 Å². The van der Waals surface area contributed by atoms with Crippen LogP contribution in [0.25, 0.3) is 0 Å². The van der Waals surface area contributed by atoms with Crippen LogP contribution in [0.5, 0.6) is 0 Å². The number of hydrogen-bond acceptors (Lipinski definition) is 4. The van der Waals surface area contributed by atoms with Crippen LogP contribution < -0.4 is 5.32 Å². The van der Waals surface area contributed by atoms with E-state index in [0.29, 0.717) is 6.54 Å². The largest absolute Gasteiger partial charge is 0.342 e. The van der Waals surface area contributed by atoms with Crippen LogP contribution in [0.2, 0.25) is 0 Å². The maximum absolute atomic E-state index is 12.8. The zero-order valence-electron chi connectivity index (χ0n) is 16.8. The topological polar surface area (TPSA) is 52.7 Å². The van der Waals surface area contributed by atoms with E-state index in [1.54, 1.807) is 0 Å². The predicted molar refractivity (Wildman–Crippen MR) is 114 cm³/mol. The number of thioether (sulfide) groups is 1. The summed E-state index contributed by atoms with van der Waals surface area (Å²) >= 11 is 2.03. The summed E-state index contributed by atoms with van der Waals surface area (Å²) in [6, 6.07) is 6.37. The molecule has 1 unspecified atom stereocenters. The van der Waals surface area contributed by atoms with E-state index in [4.69, 9.17) is 0 Å². The van der Waals surface area contributed by atoms with Gasteiger partial charge in [0, 0.05) is 55.8 Å². The van der Waals surface area contributed by atoms with Gasteiger partial charge in [-0.05, 0) is 49.8 Å². The lowest BCUT2D eigenvalue weighted by Crippen LogP contribution is -2.44. The van der Waals surface area contributed by atoms with Crippen molar-refractivity contribution in [1.82, 2.24) is 9.80 Å². The van der Waals surface area contributed by atoms with E-state index < -0.39 is 0 Å². The summed E-state index contributed by atoms with van der Waals surface area (Å²) < 4.78 is 0.